The molecule has 0 bridgehead atoms. The molecule has 0 fully saturated rings. The topological polar surface area (TPSA) is 68.5 Å². The van der Waals surface area contributed by atoms with Crippen molar-refractivity contribution in [2.45, 2.75) is 13.0 Å². The van der Waals surface area contributed by atoms with Crippen LogP contribution in [0.1, 0.15) is 29.2 Å². The van der Waals surface area contributed by atoms with Gasteiger partial charge in [-0.1, -0.05) is 18.2 Å². The first-order valence-corrected chi connectivity index (χ1v) is 7.23. The Kier molecular flexibility index (Phi) is 3.97. The van der Waals surface area contributed by atoms with Gasteiger partial charge in [-0.25, -0.2) is 0 Å². The van der Waals surface area contributed by atoms with Gasteiger partial charge in [0.05, 0.1) is 13.2 Å². The van der Waals surface area contributed by atoms with Crippen LogP contribution in [-0.2, 0) is 0 Å². The minimum absolute atomic E-state index is 0.223. The summed E-state index contributed by atoms with van der Waals surface area (Å²) in [4.78, 5) is 14.1. The molecule has 6 nitrogen and oxygen atoms in total. The standard InChI is InChI=1S/C17H17N3O3/c1-11(15-10-12-6-4-5-7-14(12)23-15)20(2)17(21)13-8-9-16(22-3)19-18-13/h4-11H,1-3H3. The highest BCUT2D eigenvalue weighted by Gasteiger charge is 2.23. The molecule has 2 aromatic heterocycles. The molecule has 6 heteroatoms. The zero-order chi connectivity index (χ0) is 16.4. The number of hydrogen-bond donors (Lipinski definition) is 0. The van der Waals surface area contributed by atoms with Crippen LogP contribution in [0, 0.1) is 0 Å². The van der Waals surface area contributed by atoms with Crippen molar-refractivity contribution in [3.63, 3.8) is 0 Å². The van der Waals surface area contributed by atoms with Gasteiger partial charge in [-0.2, -0.15) is 0 Å². The smallest absolute Gasteiger partial charge is 0.274 e. The second kappa shape index (κ2) is 6.08. The summed E-state index contributed by atoms with van der Waals surface area (Å²) in [5.74, 6) is 0.867. The van der Waals surface area contributed by atoms with Gasteiger partial charge in [0.2, 0.25) is 5.88 Å². The van der Waals surface area contributed by atoms with E-state index in [1.165, 1.54) is 7.11 Å². The van der Waals surface area contributed by atoms with Crippen LogP contribution in [0.3, 0.4) is 0 Å². The lowest BCUT2D eigenvalue weighted by atomic mass is 10.2. The van der Waals surface area contributed by atoms with Crippen LogP contribution in [-0.4, -0.2) is 35.2 Å². The highest BCUT2D eigenvalue weighted by Crippen LogP contribution is 2.27. The molecule has 1 atom stereocenters. The van der Waals surface area contributed by atoms with Gasteiger partial charge >= 0.3 is 0 Å². The van der Waals surface area contributed by atoms with Gasteiger partial charge in [0, 0.05) is 18.5 Å². The number of methoxy groups -OCH3 is 1. The van der Waals surface area contributed by atoms with E-state index in [-0.39, 0.29) is 17.6 Å². The number of ether oxygens (including phenoxy) is 1. The van der Waals surface area contributed by atoms with Crippen LogP contribution >= 0.6 is 0 Å². The van der Waals surface area contributed by atoms with Gasteiger partial charge in [0.25, 0.3) is 5.91 Å². The van der Waals surface area contributed by atoms with Crippen molar-refractivity contribution in [3.05, 3.63) is 53.9 Å². The van der Waals surface area contributed by atoms with Crippen LogP contribution in [0.5, 0.6) is 5.88 Å². The Balaban J connectivity index is 1.82. The summed E-state index contributed by atoms with van der Waals surface area (Å²) < 4.78 is 10.8. The van der Waals surface area contributed by atoms with E-state index >= 15 is 0 Å². The fourth-order valence-electron chi connectivity index (χ4n) is 2.30. The molecule has 23 heavy (non-hydrogen) atoms. The first-order valence-electron chi connectivity index (χ1n) is 7.23. The molecular weight excluding hydrogens is 294 g/mol. The Hall–Kier alpha value is -2.89. The maximum atomic E-state index is 12.5. The molecule has 0 saturated heterocycles. The number of rotatable bonds is 4. The Labute approximate surface area is 133 Å². The zero-order valence-corrected chi connectivity index (χ0v) is 13.2. The fourth-order valence-corrected chi connectivity index (χ4v) is 2.30. The summed E-state index contributed by atoms with van der Waals surface area (Å²) in [6, 6.07) is 12.7. The number of nitrogens with zero attached hydrogens (tertiary/aromatic N) is 3. The van der Waals surface area contributed by atoms with Crippen molar-refractivity contribution in [1.82, 2.24) is 15.1 Å². The second-order valence-corrected chi connectivity index (χ2v) is 5.24. The molecule has 3 aromatic rings. The quantitative estimate of drug-likeness (QED) is 0.740. The average molecular weight is 311 g/mol. The number of para-hydroxylation sites is 1. The van der Waals surface area contributed by atoms with E-state index < -0.39 is 0 Å². The summed E-state index contributed by atoms with van der Waals surface area (Å²) in [7, 11) is 3.22. The van der Waals surface area contributed by atoms with Gasteiger partial charge in [0.15, 0.2) is 5.69 Å². The molecule has 0 radical (unpaired) electrons. The van der Waals surface area contributed by atoms with Gasteiger partial charge in [-0.3, -0.25) is 4.79 Å². The molecule has 0 aliphatic carbocycles. The van der Waals surface area contributed by atoms with Gasteiger partial charge in [-0.05, 0) is 25.1 Å². The SMILES string of the molecule is COc1ccc(C(=O)N(C)C(C)c2cc3ccccc3o2)nn1. The maximum absolute atomic E-state index is 12.5. The largest absolute Gasteiger partial charge is 0.480 e. The first-order chi connectivity index (χ1) is 11.1. The molecule has 1 aromatic carbocycles. The van der Waals surface area contributed by atoms with Crippen molar-refractivity contribution in [2.24, 2.45) is 0 Å². The average Bonchev–Trinajstić information content (AvgIpc) is 3.04. The minimum atomic E-state index is -0.229. The molecule has 1 amide bonds. The van der Waals surface area contributed by atoms with E-state index in [1.54, 1.807) is 24.1 Å². The molecule has 0 saturated carbocycles. The monoisotopic (exact) mass is 311 g/mol. The zero-order valence-electron chi connectivity index (χ0n) is 13.2. The van der Waals surface area contributed by atoms with Crippen LogP contribution in [0.2, 0.25) is 0 Å². The van der Waals surface area contributed by atoms with Crippen LogP contribution in [0.4, 0.5) is 0 Å². The summed E-state index contributed by atoms with van der Waals surface area (Å²) in [5.41, 5.74) is 1.07. The fraction of sp³-hybridized carbons (Fsp3) is 0.235. The van der Waals surface area contributed by atoms with Crippen molar-refractivity contribution >= 4 is 16.9 Å². The first kappa shape index (κ1) is 15.0. The van der Waals surface area contributed by atoms with E-state index in [0.717, 1.165) is 16.7 Å². The summed E-state index contributed by atoms with van der Waals surface area (Å²) >= 11 is 0. The van der Waals surface area contributed by atoms with E-state index in [0.29, 0.717) is 5.88 Å². The molecule has 0 N–H and O–H groups in total. The second-order valence-electron chi connectivity index (χ2n) is 5.24. The highest BCUT2D eigenvalue weighted by molar-refractivity contribution is 5.92. The molecule has 3 rings (SSSR count). The minimum Gasteiger partial charge on any atom is -0.480 e. The van der Waals surface area contributed by atoms with Crippen LogP contribution < -0.4 is 4.74 Å². The molecule has 0 aliphatic heterocycles. The van der Waals surface area contributed by atoms with Crippen molar-refractivity contribution in [1.29, 1.82) is 0 Å². The molecule has 0 spiro atoms. The number of hydrogen-bond acceptors (Lipinski definition) is 5. The normalized spacial score (nSPS) is 12.1. The Bertz CT molecular complexity index is 793. The molecule has 118 valence electrons. The van der Waals surface area contributed by atoms with Gasteiger partial charge in [-0.15, -0.1) is 10.2 Å². The molecule has 2 heterocycles. The predicted octanol–water partition coefficient (Wildman–Crippen LogP) is 3.06. The van der Waals surface area contributed by atoms with E-state index in [4.69, 9.17) is 9.15 Å². The van der Waals surface area contributed by atoms with Crippen molar-refractivity contribution < 1.29 is 13.9 Å². The molecular formula is C17H17N3O3. The lowest BCUT2D eigenvalue weighted by Crippen LogP contribution is -2.30. The Morgan fingerprint density at radius 3 is 2.65 bits per heavy atom. The summed E-state index contributed by atoms with van der Waals surface area (Å²) in [6.07, 6.45) is 0. The Morgan fingerprint density at radius 2 is 2.00 bits per heavy atom. The summed E-state index contributed by atoms with van der Waals surface area (Å²) in [6.45, 7) is 1.91. The number of carbonyl (C=O) groups excluding carboxylic acids is 1. The number of carbonyl (C=O) groups is 1. The van der Waals surface area contributed by atoms with Crippen LogP contribution in [0.15, 0.2) is 46.9 Å². The predicted molar refractivity (Wildman–Crippen MR) is 85.3 cm³/mol. The lowest BCUT2D eigenvalue weighted by Gasteiger charge is -2.22. The molecule has 0 aliphatic rings. The third-order valence-corrected chi connectivity index (χ3v) is 3.83. The van der Waals surface area contributed by atoms with Crippen molar-refractivity contribution in [2.75, 3.05) is 14.2 Å². The number of fused-ring (bicyclic) bond motifs is 1. The Morgan fingerprint density at radius 1 is 1.22 bits per heavy atom. The molecule has 1 unspecified atom stereocenters. The number of benzene rings is 1. The van der Waals surface area contributed by atoms with E-state index in [2.05, 4.69) is 10.2 Å². The van der Waals surface area contributed by atoms with E-state index in [9.17, 15) is 4.79 Å². The van der Waals surface area contributed by atoms with Gasteiger partial charge in [0.1, 0.15) is 11.3 Å². The lowest BCUT2D eigenvalue weighted by molar-refractivity contribution is 0.0720. The highest BCUT2D eigenvalue weighted by atomic mass is 16.5. The number of aromatic nitrogens is 2. The van der Waals surface area contributed by atoms with Crippen molar-refractivity contribution in [3.8, 4) is 5.88 Å². The summed E-state index contributed by atoms with van der Waals surface area (Å²) in [5, 5.41) is 8.73. The maximum Gasteiger partial charge on any atom is 0.274 e. The third kappa shape index (κ3) is 2.88. The number of amides is 1. The van der Waals surface area contributed by atoms with Crippen LogP contribution in [0.25, 0.3) is 11.0 Å². The van der Waals surface area contributed by atoms with E-state index in [1.807, 2.05) is 37.3 Å². The van der Waals surface area contributed by atoms with Gasteiger partial charge < -0.3 is 14.1 Å². The third-order valence-electron chi connectivity index (χ3n) is 3.83. The number of furan rings is 1.